The summed E-state index contributed by atoms with van der Waals surface area (Å²) in [6, 6.07) is 20.6. The van der Waals surface area contributed by atoms with E-state index in [2.05, 4.69) is 30.3 Å². The molecule has 0 unspecified atom stereocenters. The lowest BCUT2D eigenvalue weighted by Gasteiger charge is -2.07. The summed E-state index contributed by atoms with van der Waals surface area (Å²) in [6.07, 6.45) is 2.31. The van der Waals surface area contributed by atoms with E-state index in [0.717, 1.165) is 28.2 Å². The van der Waals surface area contributed by atoms with Crippen LogP contribution in [0.15, 0.2) is 71.3 Å². The SMILES string of the molecule is O=Cc1occc1-c1cccc2cc3ccccc3cc12. The Labute approximate surface area is 121 Å². The van der Waals surface area contributed by atoms with Crippen molar-refractivity contribution < 1.29 is 9.21 Å². The van der Waals surface area contributed by atoms with Crippen molar-refractivity contribution in [2.24, 2.45) is 0 Å². The van der Waals surface area contributed by atoms with E-state index in [0.29, 0.717) is 5.76 Å². The highest BCUT2D eigenvalue weighted by Crippen LogP contribution is 2.33. The fourth-order valence-electron chi connectivity index (χ4n) is 2.84. The summed E-state index contributed by atoms with van der Waals surface area (Å²) in [5.41, 5.74) is 1.86. The van der Waals surface area contributed by atoms with Crippen LogP contribution in [0.1, 0.15) is 10.6 Å². The van der Waals surface area contributed by atoms with Crippen LogP contribution < -0.4 is 0 Å². The zero-order chi connectivity index (χ0) is 14.2. The third-order valence-electron chi connectivity index (χ3n) is 3.84. The zero-order valence-electron chi connectivity index (χ0n) is 11.2. The van der Waals surface area contributed by atoms with Crippen LogP contribution in [0.5, 0.6) is 0 Å². The molecule has 0 aliphatic carbocycles. The van der Waals surface area contributed by atoms with E-state index in [1.165, 1.54) is 10.8 Å². The normalized spacial score (nSPS) is 11.0. The van der Waals surface area contributed by atoms with Gasteiger partial charge in [0.15, 0.2) is 12.0 Å². The van der Waals surface area contributed by atoms with Crippen LogP contribution in [0.2, 0.25) is 0 Å². The summed E-state index contributed by atoms with van der Waals surface area (Å²) in [5, 5.41) is 4.68. The Morgan fingerprint density at radius 2 is 1.52 bits per heavy atom. The molecule has 0 bridgehead atoms. The molecule has 0 N–H and O–H groups in total. The maximum Gasteiger partial charge on any atom is 0.185 e. The van der Waals surface area contributed by atoms with E-state index >= 15 is 0 Å². The molecule has 0 atom stereocenters. The van der Waals surface area contributed by atoms with Gasteiger partial charge < -0.3 is 4.42 Å². The Morgan fingerprint density at radius 3 is 2.33 bits per heavy atom. The van der Waals surface area contributed by atoms with Gasteiger partial charge >= 0.3 is 0 Å². The molecule has 0 saturated heterocycles. The Balaban J connectivity index is 2.10. The van der Waals surface area contributed by atoms with E-state index in [4.69, 9.17) is 4.42 Å². The lowest BCUT2D eigenvalue weighted by molar-refractivity contribution is 0.110. The minimum atomic E-state index is 0.371. The van der Waals surface area contributed by atoms with Gasteiger partial charge in [-0.3, -0.25) is 4.79 Å². The third kappa shape index (κ3) is 1.84. The lowest BCUT2D eigenvalue weighted by atomic mass is 9.96. The Hall–Kier alpha value is -2.87. The average molecular weight is 272 g/mol. The monoisotopic (exact) mass is 272 g/mol. The van der Waals surface area contributed by atoms with Crippen molar-refractivity contribution in [2.45, 2.75) is 0 Å². The molecule has 0 aliphatic heterocycles. The first kappa shape index (κ1) is 11.9. The van der Waals surface area contributed by atoms with E-state index in [-0.39, 0.29) is 0 Å². The second-order valence-electron chi connectivity index (χ2n) is 5.04. The lowest BCUT2D eigenvalue weighted by Crippen LogP contribution is -1.85. The molecule has 4 rings (SSSR count). The molecule has 4 aromatic rings. The molecule has 0 aliphatic rings. The topological polar surface area (TPSA) is 30.2 Å². The molecule has 0 fully saturated rings. The summed E-state index contributed by atoms with van der Waals surface area (Å²) < 4.78 is 5.24. The zero-order valence-corrected chi connectivity index (χ0v) is 11.2. The van der Waals surface area contributed by atoms with Crippen LogP contribution in [0, 0.1) is 0 Å². The van der Waals surface area contributed by atoms with Gasteiger partial charge in [-0.05, 0) is 45.3 Å². The number of benzene rings is 3. The van der Waals surface area contributed by atoms with Gasteiger partial charge in [0, 0.05) is 5.56 Å². The summed E-state index contributed by atoms with van der Waals surface area (Å²) >= 11 is 0. The number of hydrogen-bond donors (Lipinski definition) is 0. The standard InChI is InChI=1S/C19H12O2/c20-12-19-17(8-9-21-19)16-7-3-6-15-10-13-4-1-2-5-14(13)11-18(15)16/h1-12H. The summed E-state index contributed by atoms with van der Waals surface area (Å²) in [7, 11) is 0. The number of carbonyl (C=O) groups is 1. The number of rotatable bonds is 2. The van der Waals surface area contributed by atoms with Gasteiger partial charge in [-0.2, -0.15) is 0 Å². The molecule has 0 spiro atoms. The molecular formula is C19H12O2. The Morgan fingerprint density at radius 1 is 0.762 bits per heavy atom. The van der Waals surface area contributed by atoms with Crippen molar-refractivity contribution in [3.8, 4) is 11.1 Å². The van der Waals surface area contributed by atoms with Crippen molar-refractivity contribution in [3.05, 3.63) is 72.7 Å². The summed E-state index contributed by atoms with van der Waals surface area (Å²) in [4.78, 5) is 11.1. The molecule has 1 heterocycles. The summed E-state index contributed by atoms with van der Waals surface area (Å²) in [6.45, 7) is 0. The fourth-order valence-corrected chi connectivity index (χ4v) is 2.84. The van der Waals surface area contributed by atoms with Crippen molar-refractivity contribution in [3.63, 3.8) is 0 Å². The second-order valence-corrected chi connectivity index (χ2v) is 5.04. The molecular weight excluding hydrogens is 260 g/mol. The first-order valence-corrected chi connectivity index (χ1v) is 6.81. The first-order valence-electron chi connectivity index (χ1n) is 6.81. The Bertz CT molecular complexity index is 964. The molecule has 2 heteroatoms. The van der Waals surface area contributed by atoms with Gasteiger partial charge in [0.1, 0.15) is 0 Å². The highest BCUT2D eigenvalue weighted by atomic mass is 16.3. The molecule has 0 amide bonds. The number of aldehydes is 1. The quantitative estimate of drug-likeness (QED) is 0.377. The van der Waals surface area contributed by atoms with Gasteiger partial charge in [-0.25, -0.2) is 0 Å². The van der Waals surface area contributed by atoms with Crippen LogP contribution in [0.4, 0.5) is 0 Å². The van der Waals surface area contributed by atoms with Gasteiger partial charge in [0.2, 0.25) is 0 Å². The van der Waals surface area contributed by atoms with E-state index in [1.807, 2.05) is 30.3 Å². The van der Waals surface area contributed by atoms with Crippen LogP contribution in [0.3, 0.4) is 0 Å². The molecule has 3 aromatic carbocycles. The highest BCUT2D eigenvalue weighted by molar-refractivity contribution is 6.06. The van der Waals surface area contributed by atoms with Crippen LogP contribution in [0.25, 0.3) is 32.7 Å². The Kier molecular flexibility index (Phi) is 2.61. The number of hydrogen-bond acceptors (Lipinski definition) is 2. The molecule has 1 aromatic heterocycles. The average Bonchev–Trinajstić information content (AvgIpc) is 3.00. The number of fused-ring (bicyclic) bond motifs is 2. The van der Waals surface area contributed by atoms with E-state index in [9.17, 15) is 4.79 Å². The summed E-state index contributed by atoms with van der Waals surface area (Å²) in [5.74, 6) is 0.371. The van der Waals surface area contributed by atoms with Crippen molar-refractivity contribution in [1.29, 1.82) is 0 Å². The largest absolute Gasteiger partial charge is 0.461 e. The van der Waals surface area contributed by atoms with Crippen molar-refractivity contribution in [1.82, 2.24) is 0 Å². The first-order chi connectivity index (χ1) is 10.4. The minimum Gasteiger partial charge on any atom is -0.461 e. The second kappa shape index (κ2) is 4.60. The predicted molar refractivity (Wildman–Crippen MR) is 84.5 cm³/mol. The highest BCUT2D eigenvalue weighted by Gasteiger charge is 2.11. The van der Waals surface area contributed by atoms with E-state index < -0.39 is 0 Å². The van der Waals surface area contributed by atoms with Gasteiger partial charge in [-0.1, -0.05) is 42.5 Å². The van der Waals surface area contributed by atoms with E-state index in [1.54, 1.807) is 6.26 Å². The minimum absolute atomic E-state index is 0.371. The maximum absolute atomic E-state index is 11.1. The van der Waals surface area contributed by atoms with Crippen molar-refractivity contribution >= 4 is 27.8 Å². The van der Waals surface area contributed by atoms with Crippen LogP contribution in [-0.4, -0.2) is 6.29 Å². The van der Waals surface area contributed by atoms with Crippen LogP contribution in [-0.2, 0) is 0 Å². The number of furan rings is 1. The van der Waals surface area contributed by atoms with Crippen LogP contribution >= 0.6 is 0 Å². The smallest absolute Gasteiger partial charge is 0.185 e. The van der Waals surface area contributed by atoms with Crippen molar-refractivity contribution in [2.75, 3.05) is 0 Å². The third-order valence-corrected chi connectivity index (χ3v) is 3.84. The fraction of sp³-hybridized carbons (Fsp3) is 0. The van der Waals surface area contributed by atoms with Gasteiger partial charge in [0.05, 0.1) is 6.26 Å². The molecule has 0 saturated carbocycles. The number of carbonyl (C=O) groups excluding carboxylic acids is 1. The molecule has 100 valence electrons. The maximum atomic E-state index is 11.1. The van der Waals surface area contributed by atoms with Gasteiger partial charge in [-0.15, -0.1) is 0 Å². The molecule has 2 nitrogen and oxygen atoms in total. The predicted octanol–water partition coefficient (Wildman–Crippen LogP) is 5.07. The van der Waals surface area contributed by atoms with Gasteiger partial charge in [0.25, 0.3) is 0 Å². The molecule has 0 radical (unpaired) electrons. The molecule has 21 heavy (non-hydrogen) atoms.